The SMILES string of the molecule is O=C(O)c1ccc(NC(=O)C2C(c3ccccc3)CCN2C(=O)C2CCC(CO)CC2)cc1. The van der Waals surface area contributed by atoms with E-state index in [2.05, 4.69) is 5.32 Å². The highest BCUT2D eigenvalue weighted by Gasteiger charge is 2.44. The Morgan fingerprint density at radius 2 is 1.58 bits per heavy atom. The highest BCUT2D eigenvalue weighted by Crippen LogP contribution is 2.37. The minimum atomic E-state index is -1.03. The summed E-state index contributed by atoms with van der Waals surface area (Å²) in [5.74, 6) is -1.24. The molecule has 2 fully saturated rings. The molecular weight excluding hydrogens is 420 g/mol. The van der Waals surface area contributed by atoms with Crippen LogP contribution in [0.2, 0.25) is 0 Å². The number of aliphatic hydroxyl groups is 1. The molecular formula is C26H30N2O5. The van der Waals surface area contributed by atoms with Gasteiger partial charge in [-0.25, -0.2) is 4.79 Å². The number of carbonyl (C=O) groups excluding carboxylic acids is 2. The van der Waals surface area contributed by atoms with Gasteiger partial charge in [-0.15, -0.1) is 0 Å². The van der Waals surface area contributed by atoms with Gasteiger partial charge in [-0.2, -0.15) is 0 Å². The summed E-state index contributed by atoms with van der Waals surface area (Å²) in [7, 11) is 0. The molecule has 7 nitrogen and oxygen atoms in total. The molecule has 33 heavy (non-hydrogen) atoms. The molecule has 1 saturated heterocycles. The average Bonchev–Trinajstić information content (AvgIpc) is 3.30. The fourth-order valence-electron chi connectivity index (χ4n) is 5.15. The van der Waals surface area contributed by atoms with Gasteiger partial charge in [0.25, 0.3) is 0 Å². The molecule has 1 aliphatic heterocycles. The third-order valence-corrected chi connectivity index (χ3v) is 7.03. The number of aromatic carboxylic acids is 1. The lowest BCUT2D eigenvalue weighted by Crippen LogP contribution is -2.48. The van der Waals surface area contributed by atoms with Gasteiger partial charge >= 0.3 is 5.97 Å². The van der Waals surface area contributed by atoms with Crippen molar-refractivity contribution in [1.29, 1.82) is 0 Å². The number of likely N-dealkylation sites (tertiary alicyclic amines) is 1. The molecule has 174 valence electrons. The first-order chi connectivity index (χ1) is 16.0. The van der Waals surface area contributed by atoms with Crippen molar-refractivity contribution in [1.82, 2.24) is 4.90 Å². The maximum Gasteiger partial charge on any atom is 0.335 e. The van der Waals surface area contributed by atoms with Crippen molar-refractivity contribution < 1.29 is 24.6 Å². The Hall–Kier alpha value is -3.19. The van der Waals surface area contributed by atoms with Crippen molar-refractivity contribution in [2.24, 2.45) is 11.8 Å². The summed E-state index contributed by atoms with van der Waals surface area (Å²) in [5, 5.41) is 21.4. The summed E-state index contributed by atoms with van der Waals surface area (Å²) >= 11 is 0. The lowest BCUT2D eigenvalue weighted by Gasteiger charge is -2.33. The number of carboxylic acid groups (broad SMARTS) is 1. The van der Waals surface area contributed by atoms with E-state index in [0.29, 0.717) is 18.7 Å². The number of carbonyl (C=O) groups is 3. The Bertz CT molecular complexity index is 984. The second-order valence-electron chi connectivity index (χ2n) is 9.05. The predicted octanol–water partition coefficient (Wildman–Crippen LogP) is 3.51. The number of hydrogen-bond acceptors (Lipinski definition) is 4. The van der Waals surface area contributed by atoms with Crippen molar-refractivity contribution in [2.75, 3.05) is 18.5 Å². The molecule has 0 spiro atoms. The van der Waals surface area contributed by atoms with Crippen LogP contribution in [0, 0.1) is 11.8 Å². The molecule has 4 rings (SSSR count). The smallest absolute Gasteiger partial charge is 0.335 e. The molecule has 1 heterocycles. The topological polar surface area (TPSA) is 107 Å². The summed E-state index contributed by atoms with van der Waals surface area (Å²) < 4.78 is 0. The van der Waals surface area contributed by atoms with E-state index in [-0.39, 0.29) is 41.7 Å². The molecule has 2 aliphatic rings. The van der Waals surface area contributed by atoms with Crippen molar-refractivity contribution in [2.45, 2.75) is 44.1 Å². The van der Waals surface area contributed by atoms with Gasteiger partial charge in [-0.3, -0.25) is 9.59 Å². The number of anilines is 1. The van der Waals surface area contributed by atoms with E-state index in [0.717, 1.165) is 31.2 Å². The van der Waals surface area contributed by atoms with Gasteiger partial charge in [0.15, 0.2) is 0 Å². The Morgan fingerprint density at radius 3 is 2.18 bits per heavy atom. The Balaban J connectivity index is 1.55. The summed E-state index contributed by atoms with van der Waals surface area (Å²) in [6.07, 6.45) is 3.84. The molecule has 2 aromatic rings. The van der Waals surface area contributed by atoms with E-state index in [1.165, 1.54) is 12.1 Å². The number of hydrogen-bond donors (Lipinski definition) is 3. The minimum absolute atomic E-state index is 0.0196. The largest absolute Gasteiger partial charge is 0.478 e. The van der Waals surface area contributed by atoms with E-state index >= 15 is 0 Å². The molecule has 3 N–H and O–H groups in total. The Labute approximate surface area is 193 Å². The van der Waals surface area contributed by atoms with Gasteiger partial charge in [-0.1, -0.05) is 30.3 Å². The maximum absolute atomic E-state index is 13.5. The first-order valence-electron chi connectivity index (χ1n) is 11.6. The Kier molecular flexibility index (Phi) is 7.08. The standard InChI is InChI=1S/C26H30N2O5/c29-16-17-6-8-19(9-7-17)25(31)28-15-14-22(18-4-2-1-3-5-18)23(28)24(30)27-21-12-10-20(11-13-21)26(32)33/h1-5,10-13,17,19,22-23,29H,6-9,14-16H2,(H,27,30)(H,32,33). The van der Waals surface area contributed by atoms with Gasteiger partial charge < -0.3 is 20.4 Å². The predicted molar refractivity (Wildman–Crippen MR) is 124 cm³/mol. The van der Waals surface area contributed by atoms with E-state index < -0.39 is 12.0 Å². The molecule has 2 aromatic carbocycles. The van der Waals surface area contributed by atoms with Crippen molar-refractivity contribution in [3.8, 4) is 0 Å². The second-order valence-corrected chi connectivity index (χ2v) is 9.05. The molecule has 2 amide bonds. The number of nitrogens with one attached hydrogen (secondary N) is 1. The van der Waals surface area contributed by atoms with Crippen molar-refractivity contribution >= 4 is 23.5 Å². The summed E-state index contributed by atoms with van der Waals surface area (Å²) in [6, 6.07) is 15.2. The summed E-state index contributed by atoms with van der Waals surface area (Å²) in [4.78, 5) is 39.8. The van der Waals surface area contributed by atoms with Gasteiger partial charge in [0.2, 0.25) is 11.8 Å². The van der Waals surface area contributed by atoms with Crippen LogP contribution in [0.25, 0.3) is 0 Å². The fourth-order valence-corrected chi connectivity index (χ4v) is 5.15. The molecule has 2 atom stereocenters. The van der Waals surface area contributed by atoms with E-state index in [4.69, 9.17) is 5.11 Å². The molecule has 7 heteroatoms. The zero-order chi connectivity index (χ0) is 23.4. The normalized spacial score (nSPS) is 24.9. The second kappa shape index (κ2) is 10.2. The number of benzene rings is 2. The van der Waals surface area contributed by atoms with Gasteiger partial charge in [0.1, 0.15) is 6.04 Å². The van der Waals surface area contributed by atoms with Crippen LogP contribution in [0.1, 0.15) is 53.9 Å². The zero-order valence-electron chi connectivity index (χ0n) is 18.5. The molecule has 1 saturated carbocycles. The zero-order valence-corrected chi connectivity index (χ0v) is 18.5. The molecule has 0 radical (unpaired) electrons. The highest BCUT2D eigenvalue weighted by atomic mass is 16.4. The average molecular weight is 451 g/mol. The van der Waals surface area contributed by atoms with Gasteiger partial charge in [-0.05, 0) is 67.9 Å². The van der Waals surface area contributed by atoms with Gasteiger partial charge in [0.05, 0.1) is 5.56 Å². The van der Waals surface area contributed by atoms with E-state index in [1.807, 2.05) is 30.3 Å². The lowest BCUT2D eigenvalue weighted by molar-refractivity contribution is -0.141. The van der Waals surface area contributed by atoms with Gasteiger partial charge in [0, 0.05) is 30.7 Å². The number of amides is 2. The number of rotatable bonds is 6. The minimum Gasteiger partial charge on any atom is -0.478 e. The molecule has 1 aliphatic carbocycles. The van der Waals surface area contributed by atoms with Crippen LogP contribution < -0.4 is 5.32 Å². The Morgan fingerprint density at radius 1 is 0.909 bits per heavy atom. The summed E-state index contributed by atoms with van der Waals surface area (Å²) in [5.41, 5.74) is 1.67. The molecule has 0 aromatic heterocycles. The first kappa shape index (κ1) is 23.0. The molecule has 2 unspecified atom stereocenters. The number of carboxylic acids is 1. The third kappa shape index (κ3) is 5.09. The summed E-state index contributed by atoms with van der Waals surface area (Å²) in [6.45, 7) is 0.681. The van der Waals surface area contributed by atoms with Crippen LogP contribution in [0.5, 0.6) is 0 Å². The maximum atomic E-state index is 13.5. The molecule has 0 bridgehead atoms. The third-order valence-electron chi connectivity index (χ3n) is 7.03. The monoisotopic (exact) mass is 450 g/mol. The number of nitrogens with zero attached hydrogens (tertiary/aromatic N) is 1. The van der Waals surface area contributed by atoms with Crippen LogP contribution in [-0.4, -0.2) is 52.1 Å². The van der Waals surface area contributed by atoms with E-state index in [1.54, 1.807) is 17.0 Å². The van der Waals surface area contributed by atoms with Crippen molar-refractivity contribution in [3.63, 3.8) is 0 Å². The van der Waals surface area contributed by atoms with Crippen LogP contribution in [0.3, 0.4) is 0 Å². The van der Waals surface area contributed by atoms with Crippen LogP contribution in [0.4, 0.5) is 5.69 Å². The van der Waals surface area contributed by atoms with Crippen LogP contribution in [0.15, 0.2) is 54.6 Å². The first-order valence-corrected chi connectivity index (χ1v) is 11.6. The quantitative estimate of drug-likeness (QED) is 0.624. The van der Waals surface area contributed by atoms with Crippen LogP contribution in [-0.2, 0) is 9.59 Å². The lowest BCUT2D eigenvalue weighted by atomic mass is 9.81. The fraction of sp³-hybridized carbons (Fsp3) is 0.423. The van der Waals surface area contributed by atoms with Crippen molar-refractivity contribution in [3.05, 3.63) is 65.7 Å². The van der Waals surface area contributed by atoms with E-state index in [9.17, 15) is 19.5 Å². The van der Waals surface area contributed by atoms with Crippen LogP contribution >= 0.6 is 0 Å². The number of aliphatic hydroxyl groups excluding tert-OH is 1. The highest BCUT2D eigenvalue weighted by molar-refractivity contribution is 5.99.